The Kier molecular flexibility index (Phi) is 10.3. The molecule has 1 saturated heterocycles. The molecule has 2 fully saturated rings. The molecule has 4 rings (SSSR count). The summed E-state index contributed by atoms with van der Waals surface area (Å²) in [5, 5.41) is 6.98. The average Bonchev–Trinajstić information content (AvgIpc) is 3.59. The second kappa shape index (κ2) is 13.2. The lowest BCUT2D eigenvalue weighted by atomic mass is 10.1. The van der Waals surface area contributed by atoms with E-state index in [0.29, 0.717) is 18.1 Å². The average molecular weight is 549 g/mol. The van der Waals surface area contributed by atoms with Gasteiger partial charge in [0.15, 0.2) is 5.96 Å². The molecule has 2 N–H and O–H groups in total. The molecule has 1 heterocycles. The fourth-order valence-electron chi connectivity index (χ4n) is 4.40. The molecule has 1 saturated carbocycles. The summed E-state index contributed by atoms with van der Waals surface area (Å²) in [7, 11) is 1.84. The van der Waals surface area contributed by atoms with Gasteiger partial charge in [0.05, 0.1) is 6.10 Å². The van der Waals surface area contributed by atoms with Crippen molar-refractivity contribution in [3.8, 4) is 0 Å². The van der Waals surface area contributed by atoms with Crippen molar-refractivity contribution in [2.24, 2.45) is 4.99 Å². The number of rotatable bonds is 9. The summed E-state index contributed by atoms with van der Waals surface area (Å²) in [6, 6.07) is 22.0. The topological polar surface area (TPSA) is 48.9 Å². The van der Waals surface area contributed by atoms with Crippen molar-refractivity contribution in [3.05, 3.63) is 71.8 Å². The molecule has 1 aliphatic carbocycles. The van der Waals surface area contributed by atoms with E-state index in [1.165, 1.54) is 17.5 Å². The van der Waals surface area contributed by atoms with Gasteiger partial charge < -0.3 is 15.4 Å². The van der Waals surface area contributed by atoms with Gasteiger partial charge in [0.25, 0.3) is 0 Å². The Morgan fingerprint density at radius 3 is 2.41 bits per heavy atom. The quantitative estimate of drug-likeness (QED) is 0.211. The molecule has 2 aromatic rings. The molecule has 1 aliphatic heterocycles. The van der Waals surface area contributed by atoms with Crippen LogP contribution < -0.4 is 10.6 Å². The van der Waals surface area contributed by atoms with Crippen molar-refractivity contribution in [1.29, 1.82) is 0 Å². The molecule has 2 aliphatic rings. The molecule has 0 aromatic heterocycles. The molecule has 2 unspecified atom stereocenters. The maximum Gasteiger partial charge on any atom is 0.191 e. The Hall–Kier alpha value is -1.64. The molecule has 0 radical (unpaired) electrons. The first-order chi connectivity index (χ1) is 15.3. The monoisotopic (exact) mass is 548 g/mol. The number of guanidine groups is 1. The fourth-order valence-corrected chi connectivity index (χ4v) is 4.40. The summed E-state index contributed by atoms with van der Waals surface area (Å²) < 4.78 is 6.14. The minimum atomic E-state index is 0. The smallest absolute Gasteiger partial charge is 0.191 e. The van der Waals surface area contributed by atoms with Crippen molar-refractivity contribution in [3.63, 3.8) is 0 Å². The van der Waals surface area contributed by atoms with Crippen LogP contribution in [0, 0.1) is 0 Å². The van der Waals surface area contributed by atoms with E-state index in [-0.39, 0.29) is 24.0 Å². The van der Waals surface area contributed by atoms with Gasteiger partial charge in [0.1, 0.15) is 0 Å². The lowest BCUT2D eigenvalue weighted by molar-refractivity contribution is 0.00534. The van der Waals surface area contributed by atoms with Gasteiger partial charge in [-0.3, -0.25) is 9.89 Å². The molecule has 32 heavy (non-hydrogen) atoms. The summed E-state index contributed by atoms with van der Waals surface area (Å²) in [4.78, 5) is 6.91. The van der Waals surface area contributed by atoms with Crippen LogP contribution in [0.25, 0.3) is 0 Å². The summed E-state index contributed by atoms with van der Waals surface area (Å²) in [6.07, 6.45) is 4.84. The third-order valence-corrected chi connectivity index (χ3v) is 6.31. The summed E-state index contributed by atoms with van der Waals surface area (Å²) in [6.45, 7) is 4.99. The van der Waals surface area contributed by atoms with E-state index in [4.69, 9.17) is 4.74 Å². The highest BCUT2D eigenvalue weighted by Crippen LogP contribution is 2.40. The zero-order valence-electron chi connectivity index (χ0n) is 19.1. The normalized spacial score (nSPS) is 21.6. The van der Waals surface area contributed by atoms with Crippen LogP contribution in [-0.4, -0.2) is 56.3 Å². The molecule has 2 atom stereocenters. The molecule has 0 spiro atoms. The number of benzene rings is 2. The number of halogens is 1. The zero-order chi connectivity index (χ0) is 21.3. The summed E-state index contributed by atoms with van der Waals surface area (Å²) in [5.41, 5.74) is 2.81. The van der Waals surface area contributed by atoms with Gasteiger partial charge in [-0.15, -0.1) is 24.0 Å². The molecular formula is C26H37IN4O. The number of hydrogen-bond donors (Lipinski definition) is 2. The second-order valence-corrected chi connectivity index (χ2v) is 8.69. The van der Waals surface area contributed by atoms with E-state index in [1.807, 2.05) is 7.05 Å². The van der Waals surface area contributed by atoms with Crippen LogP contribution in [0.3, 0.4) is 0 Å². The summed E-state index contributed by atoms with van der Waals surface area (Å²) >= 11 is 0. The van der Waals surface area contributed by atoms with Gasteiger partial charge >= 0.3 is 0 Å². The van der Waals surface area contributed by atoms with Gasteiger partial charge in [0, 0.05) is 51.8 Å². The Balaban J connectivity index is 0.00000289. The standard InChI is InChI=1S/C26H36N4O.HI/c1-27-26(29-25-19-24(25)22-11-6-3-7-12-22)28-15-8-18-31-23-13-16-30(17-14-23)20-21-9-4-2-5-10-21;/h2-7,9-12,23-25H,8,13-20H2,1H3,(H2,27,28,29);1H. The van der Waals surface area contributed by atoms with E-state index >= 15 is 0 Å². The van der Waals surface area contributed by atoms with E-state index in [0.717, 1.165) is 58.0 Å². The number of aliphatic imine (C=N–C) groups is 1. The Bertz CT molecular complexity index is 809. The van der Waals surface area contributed by atoms with Gasteiger partial charge in [-0.2, -0.15) is 0 Å². The van der Waals surface area contributed by atoms with Gasteiger partial charge in [-0.1, -0.05) is 60.7 Å². The van der Waals surface area contributed by atoms with Gasteiger partial charge in [-0.25, -0.2) is 0 Å². The van der Waals surface area contributed by atoms with Crippen molar-refractivity contribution < 1.29 is 4.74 Å². The predicted octanol–water partition coefficient (Wildman–Crippen LogP) is 4.40. The van der Waals surface area contributed by atoms with Crippen LogP contribution in [-0.2, 0) is 11.3 Å². The first-order valence-corrected chi connectivity index (χ1v) is 11.7. The van der Waals surface area contributed by atoms with Gasteiger partial charge in [-0.05, 0) is 36.8 Å². The van der Waals surface area contributed by atoms with Crippen LogP contribution >= 0.6 is 24.0 Å². The highest BCUT2D eigenvalue weighted by atomic mass is 127. The lowest BCUT2D eigenvalue weighted by Crippen LogP contribution is -2.40. The summed E-state index contributed by atoms with van der Waals surface area (Å²) in [5.74, 6) is 1.51. The van der Waals surface area contributed by atoms with E-state index < -0.39 is 0 Å². The van der Waals surface area contributed by atoms with E-state index in [9.17, 15) is 0 Å². The third kappa shape index (κ3) is 7.74. The molecule has 0 bridgehead atoms. The van der Waals surface area contributed by atoms with Crippen molar-refractivity contribution in [2.75, 3.05) is 33.3 Å². The Labute approximate surface area is 210 Å². The van der Waals surface area contributed by atoms with Crippen molar-refractivity contribution in [1.82, 2.24) is 15.5 Å². The fraction of sp³-hybridized carbons (Fsp3) is 0.500. The largest absolute Gasteiger partial charge is 0.378 e. The van der Waals surface area contributed by atoms with Crippen LogP contribution in [0.5, 0.6) is 0 Å². The highest BCUT2D eigenvalue weighted by molar-refractivity contribution is 14.0. The second-order valence-electron chi connectivity index (χ2n) is 8.69. The minimum absolute atomic E-state index is 0. The van der Waals surface area contributed by atoms with E-state index in [2.05, 4.69) is 81.2 Å². The number of nitrogens with one attached hydrogen (secondary N) is 2. The third-order valence-electron chi connectivity index (χ3n) is 6.31. The molecular weight excluding hydrogens is 511 g/mol. The molecule has 5 nitrogen and oxygen atoms in total. The number of likely N-dealkylation sites (tertiary alicyclic amines) is 1. The number of ether oxygens (including phenoxy) is 1. The predicted molar refractivity (Wildman–Crippen MR) is 143 cm³/mol. The van der Waals surface area contributed by atoms with E-state index in [1.54, 1.807) is 0 Å². The van der Waals surface area contributed by atoms with Crippen LogP contribution in [0.1, 0.15) is 42.7 Å². The van der Waals surface area contributed by atoms with Crippen LogP contribution in [0.15, 0.2) is 65.7 Å². The SMILES string of the molecule is CN=C(NCCCOC1CCN(Cc2ccccc2)CC1)NC1CC1c1ccccc1.I. The first-order valence-electron chi connectivity index (χ1n) is 11.7. The zero-order valence-corrected chi connectivity index (χ0v) is 21.4. The molecule has 2 aromatic carbocycles. The lowest BCUT2D eigenvalue weighted by Gasteiger charge is -2.32. The number of nitrogens with zero attached hydrogens (tertiary/aromatic N) is 2. The molecule has 0 amide bonds. The highest BCUT2D eigenvalue weighted by Gasteiger charge is 2.38. The maximum atomic E-state index is 6.14. The molecule has 6 heteroatoms. The number of piperidine rings is 1. The van der Waals surface area contributed by atoms with Crippen LogP contribution in [0.2, 0.25) is 0 Å². The molecule has 174 valence electrons. The van der Waals surface area contributed by atoms with Gasteiger partial charge in [0.2, 0.25) is 0 Å². The Morgan fingerprint density at radius 2 is 1.72 bits per heavy atom. The number of hydrogen-bond acceptors (Lipinski definition) is 3. The Morgan fingerprint density at radius 1 is 1.03 bits per heavy atom. The van der Waals surface area contributed by atoms with Crippen molar-refractivity contribution >= 4 is 29.9 Å². The maximum absolute atomic E-state index is 6.14. The van der Waals surface area contributed by atoms with Crippen LogP contribution in [0.4, 0.5) is 0 Å². The van der Waals surface area contributed by atoms with Crippen molar-refractivity contribution in [2.45, 2.75) is 50.3 Å². The minimum Gasteiger partial charge on any atom is -0.378 e. The first kappa shape index (κ1) is 25.0.